The van der Waals surface area contributed by atoms with Crippen LogP contribution in [0.2, 0.25) is 0 Å². The summed E-state index contributed by atoms with van der Waals surface area (Å²) < 4.78 is 54.0. The fourth-order valence-corrected chi connectivity index (χ4v) is 3.29. The molecule has 2 unspecified atom stereocenters. The summed E-state index contributed by atoms with van der Waals surface area (Å²) in [7, 11) is 1.40. The molecule has 0 fully saturated rings. The largest absolute Gasteiger partial charge is 0.417 e. The van der Waals surface area contributed by atoms with Gasteiger partial charge < -0.3 is 19.7 Å². The number of hydrogen-bond acceptors (Lipinski definition) is 4. The van der Waals surface area contributed by atoms with Crippen LogP contribution in [0.5, 0.6) is 0 Å². The van der Waals surface area contributed by atoms with E-state index in [4.69, 9.17) is 17.5 Å². The van der Waals surface area contributed by atoms with Gasteiger partial charge in [-0.3, -0.25) is 0 Å². The Morgan fingerprint density at radius 2 is 1.97 bits per heavy atom. The molecule has 0 bridgehead atoms. The maximum absolute atomic E-state index is 14.0. The molecule has 0 aliphatic heterocycles. The number of carbonyl (C=O) groups is 1. The van der Waals surface area contributed by atoms with E-state index in [1.54, 1.807) is 0 Å². The number of thiocarbonyl (C=S) groups is 1. The zero-order valence-electron chi connectivity index (χ0n) is 16.3. The lowest BCUT2D eigenvalue weighted by Gasteiger charge is -2.41. The molecule has 1 aromatic carbocycles. The summed E-state index contributed by atoms with van der Waals surface area (Å²) in [6, 6.07) is 4.60. The van der Waals surface area contributed by atoms with E-state index < -0.39 is 35.1 Å². The van der Waals surface area contributed by atoms with Crippen LogP contribution in [-0.2, 0) is 11.0 Å². The number of halogens is 4. The van der Waals surface area contributed by atoms with Gasteiger partial charge in [-0.1, -0.05) is 6.08 Å². The van der Waals surface area contributed by atoms with E-state index in [1.165, 1.54) is 55.0 Å². The van der Waals surface area contributed by atoms with Crippen molar-refractivity contribution in [2.24, 2.45) is 0 Å². The van der Waals surface area contributed by atoms with Gasteiger partial charge in [0.2, 0.25) is 0 Å². The van der Waals surface area contributed by atoms with Crippen molar-refractivity contribution in [2.45, 2.75) is 37.8 Å². The monoisotopic (exact) mass is 441 g/mol. The predicted molar refractivity (Wildman–Crippen MR) is 107 cm³/mol. The maximum Gasteiger partial charge on any atom is 0.417 e. The van der Waals surface area contributed by atoms with E-state index in [0.29, 0.717) is 6.29 Å². The summed E-state index contributed by atoms with van der Waals surface area (Å²) in [4.78, 5) is 14.2. The molecular weight excluding hydrogens is 422 g/mol. The van der Waals surface area contributed by atoms with E-state index in [-0.39, 0.29) is 16.5 Å². The number of aliphatic hydroxyl groups is 1. The van der Waals surface area contributed by atoms with Gasteiger partial charge in [0.25, 0.3) is 0 Å². The number of hydrogen-bond donors (Lipinski definition) is 1. The molecule has 0 spiro atoms. The van der Waals surface area contributed by atoms with Gasteiger partial charge in [-0.15, -0.1) is 0 Å². The van der Waals surface area contributed by atoms with Crippen LogP contribution in [-0.4, -0.2) is 46.3 Å². The van der Waals surface area contributed by atoms with Crippen molar-refractivity contribution >= 4 is 29.3 Å². The van der Waals surface area contributed by atoms with Crippen LogP contribution < -0.4 is 4.90 Å². The normalized spacial score (nSPS) is 19.0. The second-order valence-corrected chi connectivity index (χ2v) is 7.54. The summed E-state index contributed by atoms with van der Waals surface area (Å²) in [5.74, 6) is 0. The van der Waals surface area contributed by atoms with Crippen molar-refractivity contribution in [1.82, 2.24) is 4.90 Å². The third-order valence-corrected chi connectivity index (χ3v) is 4.99. The Bertz CT molecular complexity index is 950. The Hall–Kier alpha value is -2.77. The lowest BCUT2D eigenvalue weighted by molar-refractivity contribution is -0.137. The molecule has 0 amide bonds. The fourth-order valence-electron chi connectivity index (χ4n) is 2.85. The van der Waals surface area contributed by atoms with Crippen LogP contribution >= 0.6 is 12.2 Å². The standard InChI is InChI=1S/C20H19F4N3O2S/c1-19(2,11-28)27(14-6-7-17(29)16(21)9-14)18(30)26(3)13-5-4-12(10-25)15(8-13)20(22,23)24/h4-9,11,16-17,29H,1-3H3. The van der Waals surface area contributed by atoms with Crippen LogP contribution in [0.3, 0.4) is 0 Å². The van der Waals surface area contributed by atoms with Gasteiger partial charge in [0.15, 0.2) is 5.11 Å². The van der Waals surface area contributed by atoms with Gasteiger partial charge in [0.05, 0.1) is 22.7 Å². The second-order valence-electron chi connectivity index (χ2n) is 7.17. The second kappa shape index (κ2) is 8.53. The van der Waals surface area contributed by atoms with Crippen molar-refractivity contribution in [3.8, 4) is 6.07 Å². The van der Waals surface area contributed by atoms with Crippen molar-refractivity contribution in [3.05, 3.63) is 53.3 Å². The number of rotatable bonds is 4. The SMILES string of the molecule is CN(C(=S)N(C1=CC(F)C(O)C=C1)C(C)(C)C=O)c1ccc(C#N)c(C(F)(F)F)c1. The third-order valence-electron chi connectivity index (χ3n) is 4.54. The summed E-state index contributed by atoms with van der Waals surface area (Å²) in [5, 5.41) is 18.4. The summed E-state index contributed by atoms with van der Waals surface area (Å²) >= 11 is 5.43. The molecule has 2 rings (SSSR count). The third kappa shape index (κ3) is 4.68. The number of allylic oxidation sites excluding steroid dienone is 1. The highest BCUT2D eigenvalue weighted by Gasteiger charge is 2.37. The van der Waals surface area contributed by atoms with Gasteiger partial charge in [-0.25, -0.2) is 4.39 Å². The summed E-state index contributed by atoms with van der Waals surface area (Å²) in [5.41, 5.74) is -2.74. The molecule has 1 aliphatic rings. The molecule has 1 aliphatic carbocycles. The quantitative estimate of drug-likeness (QED) is 0.436. The molecule has 0 aromatic heterocycles. The Morgan fingerprint density at radius 1 is 1.33 bits per heavy atom. The highest BCUT2D eigenvalue weighted by Crippen LogP contribution is 2.35. The molecular formula is C20H19F4N3O2S. The molecule has 2 atom stereocenters. The molecule has 5 nitrogen and oxygen atoms in total. The molecule has 160 valence electrons. The van der Waals surface area contributed by atoms with Gasteiger partial charge in [-0.05, 0) is 56.4 Å². The molecule has 10 heteroatoms. The number of carbonyl (C=O) groups excluding carboxylic acids is 1. The van der Waals surface area contributed by atoms with Crippen molar-refractivity contribution in [3.63, 3.8) is 0 Å². The Balaban J connectivity index is 2.52. The van der Waals surface area contributed by atoms with Crippen molar-refractivity contribution in [1.29, 1.82) is 5.26 Å². The number of nitriles is 1. The van der Waals surface area contributed by atoms with Crippen LogP contribution in [0.1, 0.15) is 25.0 Å². The molecule has 1 aromatic rings. The molecule has 0 heterocycles. The van der Waals surface area contributed by atoms with Crippen LogP contribution in [0, 0.1) is 11.3 Å². The number of aliphatic hydroxyl groups excluding tert-OH is 1. The van der Waals surface area contributed by atoms with Crippen LogP contribution in [0.15, 0.2) is 42.1 Å². The summed E-state index contributed by atoms with van der Waals surface area (Å²) in [6.45, 7) is 3.01. The number of benzene rings is 1. The lowest BCUT2D eigenvalue weighted by Crippen LogP contribution is -2.53. The topological polar surface area (TPSA) is 67.6 Å². The first-order valence-electron chi connectivity index (χ1n) is 8.71. The van der Waals surface area contributed by atoms with Gasteiger partial charge >= 0.3 is 6.18 Å². The molecule has 0 radical (unpaired) electrons. The Kier molecular flexibility index (Phi) is 6.69. The highest BCUT2D eigenvalue weighted by atomic mass is 32.1. The minimum atomic E-state index is -4.75. The first-order valence-corrected chi connectivity index (χ1v) is 9.12. The molecule has 0 saturated carbocycles. The first-order chi connectivity index (χ1) is 13.8. The smallest absolute Gasteiger partial charge is 0.386 e. The first kappa shape index (κ1) is 23.5. The van der Waals surface area contributed by atoms with E-state index in [1.807, 2.05) is 0 Å². The Morgan fingerprint density at radius 3 is 2.47 bits per heavy atom. The molecule has 1 N–H and O–H groups in total. The van der Waals surface area contributed by atoms with Crippen LogP contribution in [0.4, 0.5) is 23.2 Å². The van der Waals surface area contributed by atoms with Crippen LogP contribution in [0.25, 0.3) is 0 Å². The highest BCUT2D eigenvalue weighted by molar-refractivity contribution is 7.80. The molecule has 0 saturated heterocycles. The lowest BCUT2D eigenvalue weighted by atomic mass is 10.0. The van der Waals surface area contributed by atoms with E-state index in [0.717, 1.165) is 18.2 Å². The van der Waals surface area contributed by atoms with Gasteiger partial charge in [0, 0.05) is 18.4 Å². The Labute approximate surface area is 176 Å². The number of anilines is 1. The number of aldehydes is 1. The maximum atomic E-state index is 14.0. The number of nitrogens with zero attached hydrogens (tertiary/aromatic N) is 3. The minimum Gasteiger partial charge on any atom is -0.386 e. The van der Waals surface area contributed by atoms with E-state index in [9.17, 15) is 27.5 Å². The van der Waals surface area contributed by atoms with Crippen molar-refractivity contribution < 1.29 is 27.5 Å². The number of alkyl halides is 4. The fraction of sp³-hybridized carbons (Fsp3) is 0.350. The average Bonchev–Trinajstić information content (AvgIpc) is 2.68. The minimum absolute atomic E-state index is 0.0234. The predicted octanol–water partition coefficient (Wildman–Crippen LogP) is 3.73. The average molecular weight is 441 g/mol. The van der Waals surface area contributed by atoms with Gasteiger partial charge in [-0.2, -0.15) is 18.4 Å². The van der Waals surface area contributed by atoms with E-state index >= 15 is 0 Å². The zero-order chi connectivity index (χ0) is 22.9. The van der Waals surface area contributed by atoms with Crippen molar-refractivity contribution in [2.75, 3.05) is 11.9 Å². The summed E-state index contributed by atoms with van der Waals surface area (Å²) in [6.07, 6.45) is -3.62. The van der Waals surface area contributed by atoms with Gasteiger partial charge in [0.1, 0.15) is 18.6 Å². The zero-order valence-corrected chi connectivity index (χ0v) is 17.1. The molecule has 30 heavy (non-hydrogen) atoms. The van der Waals surface area contributed by atoms with E-state index in [2.05, 4.69) is 0 Å².